The van der Waals surface area contributed by atoms with E-state index in [0.29, 0.717) is 5.69 Å². The van der Waals surface area contributed by atoms with Crippen LogP contribution in [-0.2, 0) is 6.54 Å². The van der Waals surface area contributed by atoms with Crippen LogP contribution in [0, 0.1) is 13.8 Å². The summed E-state index contributed by atoms with van der Waals surface area (Å²) in [4.78, 5) is 10.9. The number of aryl methyl sites for hydroxylation is 2. The van der Waals surface area contributed by atoms with E-state index in [4.69, 9.17) is 5.11 Å². The third-order valence-corrected chi connectivity index (χ3v) is 3.17. The van der Waals surface area contributed by atoms with Crippen LogP contribution in [0.25, 0.3) is 11.3 Å². The molecule has 0 aliphatic heterocycles. The minimum atomic E-state index is -1.01. The van der Waals surface area contributed by atoms with Gasteiger partial charge in [-0.1, -0.05) is 13.3 Å². The maximum absolute atomic E-state index is 10.9. The van der Waals surface area contributed by atoms with Crippen LogP contribution in [0.1, 0.15) is 41.6 Å². The summed E-state index contributed by atoms with van der Waals surface area (Å²) in [5.74, 6) is -1.01. The molecule has 0 spiro atoms. The summed E-state index contributed by atoms with van der Waals surface area (Å²) in [5.41, 5.74) is 3.54. The lowest BCUT2D eigenvalue weighted by Crippen LogP contribution is -2.02. The molecule has 19 heavy (non-hydrogen) atoms. The van der Waals surface area contributed by atoms with E-state index in [9.17, 15) is 4.79 Å². The Morgan fingerprint density at radius 1 is 1.47 bits per heavy atom. The van der Waals surface area contributed by atoms with E-state index in [-0.39, 0.29) is 5.69 Å². The van der Waals surface area contributed by atoms with Crippen molar-refractivity contribution in [1.82, 2.24) is 20.0 Å². The van der Waals surface area contributed by atoms with Gasteiger partial charge in [0.15, 0.2) is 0 Å². The number of hydrogen-bond donors (Lipinski definition) is 2. The zero-order chi connectivity index (χ0) is 14.0. The molecule has 2 heterocycles. The first-order valence-corrected chi connectivity index (χ1v) is 6.37. The predicted octanol–water partition coefficient (Wildman–Crippen LogP) is 2.39. The van der Waals surface area contributed by atoms with Gasteiger partial charge in [0.1, 0.15) is 5.69 Å². The van der Waals surface area contributed by atoms with Crippen molar-refractivity contribution in [3.63, 3.8) is 0 Å². The standard InChI is InChI=1S/C13H18N4O2/c1-4-5-6-17-9(3)12(8(2)16-17)10-7-11(13(18)19)15-14-10/h7H,4-6H2,1-3H3,(H,14,15)(H,18,19). The summed E-state index contributed by atoms with van der Waals surface area (Å²) < 4.78 is 1.96. The average Bonchev–Trinajstić information content (AvgIpc) is 2.92. The van der Waals surface area contributed by atoms with Crippen LogP contribution in [0.15, 0.2) is 6.07 Å². The highest BCUT2D eigenvalue weighted by atomic mass is 16.4. The monoisotopic (exact) mass is 262 g/mol. The van der Waals surface area contributed by atoms with Crippen molar-refractivity contribution in [2.24, 2.45) is 0 Å². The maximum Gasteiger partial charge on any atom is 0.353 e. The minimum absolute atomic E-state index is 0.0927. The van der Waals surface area contributed by atoms with Gasteiger partial charge in [-0.3, -0.25) is 9.78 Å². The largest absolute Gasteiger partial charge is 0.477 e. The molecular weight excluding hydrogens is 244 g/mol. The smallest absolute Gasteiger partial charge is 0.353 e. The Hall–Kier alpha value is -2.11. The Morgan fingerprint density at radius 3 is 2.79 bits per heavy atom. The van der Waals surface area contributed by atoms with Crippen LogP contribution in [0.3, 0.4) is 0 Å². The second kappa shape index (κ2) is 5.26. The normalized spacial score (nSPS) is 10.9. The number of carbonyl (C=O) groups is 1. The number of aromatic amines is 1. The van der Waals surface area contributed by atoms with Crippen LogP contribution >= 0.6 is 0 Å². The molecule has 0 unspecified atom stereocenters. The summed E-state index contributed by atoms with van der Waals surface area (Å²) in [7, 11) is 0. The van der Waals surface area contributed by atoms with Crippen LogP contribution in [0.2, 0.25) is 0 Å². The lowest BCUT2D eigenvalue weighted by atomic mass is 10.1. The first-order valence-electron chi connectivity index (χ1n) is 6.37. The first-order chi connectivity index (χ1) is 9.04. The molecule has 2 aromatic heterocycles. The molecule has 0 atom stereocenters. The van der Waals surface area contributed by atoms with Crippen molar-refractivity contribution >= 4 is 5.97 Å². The van der Waals surface area contributed by atoms with Gasteiger partial charge in [-0.05, 0) is 26.3 Å². The fourth-order valence-corrected chi connectivity index (χ4v) is 2.15. The van der Waals surface area contributed by atoms with E-state index in [1.54, 1.807) is 6.07 Å². The molecule has 0 saturated carbocycles. The molecule has 0 aromatic carbocycles. The number of carboxylic acids is 1. The molecule has 2 N–H and O–H groups in total. The molecule has 0 radical (unpaired) electrons. The summed E-state index contributed by atoms with van der Waals surface area (Å²) in [6.07, 6.45) is 2.18. The number of carboxylic acid groups (broad SMARTS) is 1. The number of hydrogen-bond acceptors (Lipinski definition) is 3. The van der Waals surface area contributed by atoms with E-state index in [1.165, 1.54) is 0 Å². The fraction of sp³-hybridized carbons (Fsp3) is 0.462. The van der Waals surface area contributed by atoms with E-state index in [1.807, 2.05) is 18.5 Å². The van der Waals surface area contributed by atoms with E-state index in [0.717, 1.165) is 36.3 Å². The lowest BCUT2D eigenvalue weighted by molar-refractivity contribution is 0.0690. The zero-order valence-electron chi connectivity index (χ0n) is 11.4. The fourth-order valence-electron chi connectivity index (χ4n) is 2.15. The van der Waals surface area contributed by atoms with Crippen molar-refractivity contribution in [3.8, 4) is 11.3 Å². The topological polar surface area (TPSA) is 83.8 Å². The first kappa shape index (κ1) is 13.3. The highest BCUT2D eigenvalue weighted by Crippen LogP contribution is 2.25. The predicted molar refractivity (Wildman–Crippen MR) is 71.2 cm³/mol. The molecule has 2 rings (SSSR count). The van der Waals surface area contributed by atoms with Gasteiger partial charge in [0, 0.05) is 17.8 Å². The van der Waals surface area contributed by atoms with Crippen molar-refractivity contribution in [3.05, 3.63) is 23.1 Å². The molecular formula is C13H18N4O2. The van der Waals surface area contributed by atoms with Crippen molar-refractivity contribution in [2.45, 2.75) is 40.2 Å². The third kappa shape index (κ3) is 2.52. The van der Waals surface area contributed by atoms with E-state index in [2.05, 4.69) is 22.2 Å². The Bertz CT molecular complexity index is 598. The molecule has 0 amide bonds. The lowest BCUT2D eigenvalue weighted by Gasteiger charge is -2.02. The number of nitrogens with one attached hydrogen (secondary N) is 1. The Morgan fingerprint density at radius 2 is 2.21 bits per heavy atom. The minimum Gasteiger partial charge on any atom is -0.477 e. The number of nitrogens with zero attached hydrogens (tertiary/aromatic N) is 3. The van der Waals surface area contributed by atoms with Crippen molar-refractivity contribution < 1.29 is 9.90 Å². The average molecular weight is 262 g/mol. The van der Waals surface area contributed by atoms with Gasteiger partial charge in [-0.25, -0.2) is 4.79 Å². The Balaban J connectivity index is 2.38. The van der Waals surface area contributed by atoms with Gasteiger partial charge >= 0.3 is 5.97 Å². The summed E-state index contributed by atoms with van der Waals surface area (Å²) in [6.45, 7) is 6.92. The van der Waals surface area contributed by atoms with Crippen molar-refractivity contribution in [1.29, 1.82) is 0 Å². The number of aromatic carboxylic acids is 1. The molecule has 0 aliphatic rings. The van der Waals surface area contributed by atoms with Crippen molar-refractivity contribution in [2.75, 3.05) is 0 Å². The third-order valence-electron chi connectivity index (χ3n) is 3.17. The molecule has 102 valence electrons. The number of unbranched alkanes of at least 4 members (excludes halogenated alkanes) is 1. The molecule has 0 aliphatic carbocycles. The highest BCUT2D eigenvalue weighted by Gasteiger charge is 2.17. The number of aromatic nitrogens is 4. The molecule has 6 nitrogen and oxygen atoms in total. The Kier molecular flexibility index (Phi) is 3.69. The quantitative estimate of drug-likeness (QED) is 0.866. The summed E-state index contributed by atoms with van der Waals surface area (Å²) in [6, 6.07) is 1.55. The van der Waals surface area contributed by atoms with Gasteiger partial charge in [0.05, 0.1) is 11.4 Å². The van der Waals surface area contributed by atoms with Gasteiger partial charge in [-0.15, -0.1) is 0 Å². The van der Waals surface area contributed by atoms with Crippen LogP contribution in [0.4, 0.5) is 0 Å². The summed E-state index contributed by atoms with van der Waals surface area (Å²) in [5, 5.41) is 20.0. The van der Waals surface area contributed by atoms with Gasteiger partial charge < -0.3 is 5.11 Å². The van der Waals surface area contributed by atoms with Gasteiger partial charge in [0.2, 0.25) is 0 Å². The molecule has 6 heteroatoms. The maximum atomic E-state index is 10.9. The number of H-pyrrole nitrogens is 1. The molecule has 0 bridgehead atoms. The zero-order valence-corrected chi connectivity index (χ0v) is 11.4. The highest BCUT2D eigenvalue weighted by molar-refractivity contribution is 5.87. The van der Waals surface area contributed by atoms with Gasteiger partial charge in [0.25, 0.3) is 0 Å². The molecule has 2 aromatic rings. The number of rotatable bonds is 5. The van der Waals surface area contributed by atoms with Crippen LogP contribution in [0.5, 0.6) is 0 Å². The second-order valence-corrected chi connectivity index (χ2v) is 4.59. The van der Waals surface area contributed by atoms with Crippen LogP contribution in [-0.4, -0.2) is 31.1 Å². The summed E-state index contributed by atoms with van der Waals surface area (Å²) >= 11 is 0. The van der Waals surface area contributed by atoms with Gasteiger partial charge in [-0.2, -0.15) is 10.2 Å². The molecule has 0 fully saturated rings. The second-order valence-electron chi connectivity index (χ2n) is 4.59. The Labute approximate surface area is 111 Å². The van der Waals surface area contributed by atoms with E-state index < -0.39 is 5.97 Å². The van der Waals surface area contributed by atoms with E-state index >= 15 is 0 Å². The SMILES string of the molecule is CCCCn1nc(C)c(-c2cc(C(=O)O)[nH]n2)c1C. The van der Waals surface area contributed by atoms with Crippen LogP contribution < -0.4 is 0 Å². The molecule has 0 saturated heterocycles.